The minimum Gasteiger partial charge on any atom is -0.392 e. The molecule has 2 rings (SSSR count). The lowest BCUT2D eigenvalue weighted by Crippen LogP contribution is -1.79. The van der Waals surface area contributed by atoms with Gasteiger partial charge in [-0.2, -0.15) is 0 Å². The van der Waals surface area contributed by atoms with Gasteiger partial charge >= 0.3 is 0 Å². The van der Waals surface area contributed by atoms with E-state index in [4.69, 9.17) is 5.11 Å². The number of alkyl halides is 1. The lowest BCUT2D eigenvalue weighted by Gasteiger charge is -1.92. The molecule has 0 aliphatic carbocycles. The van der Waals surface area contributed by atoms with Gasteiger partial charge in [0.05, 0.1) is 6.61 Å². The molecule has 0 radical (unpaired) electrons. The molecular weight excluding hydrogens is 424 g/mol. The molecule has 0 unspecified atom stereocenters. The van der Waals surface area contributed by atoms with Gasteiger partial charge in [0.25, 0.3) is 0 Å². The Morgan fingerprint density at radius 1 is 0.722 bits per heavy atom. The lowest BCUT2D eigenvalue weighted by molar-refractivity contribution is 0.282. The minimum absolute atomic E-state index is 0.118. The summed E-state index contributed by atoms with van der Waals surface area (Å²) in [5.41, 5.74) is 2.25. The zero-order valence-corrected chi connectivity index (χ0v) is 14.4. The van der Waals surface area contributed by atoms with Gasteiger partial charge in [0.15, 0.2) is 0 Å². The molecule has 0 aliphatic heterocycles. The third-order valence-corrected chi connectivity index (χ3v) is 3.87. The van der Waals surface area contributed by atoms with Crippen molar-refractivity contribution < 1.29 is 5.11 Å². The molecule has 0 spiro atoms. The zero-order chi connectivity index (χ0) is 13.4. The largest absolute Gasteiger partial charge is 0.392 e. The molecule has 96 valence electrons. The van der Waals surface area contributed by atoms with Gasteiger partial charge in [-0.3, -0.25) is 0 Å². The summed E-state index contributed by atoms with van der Waals surface area (Å²) in [6, 6.07) is 15.8. The molecule has 0 atom stereocenters. The van der Waals surface area contributed by atoms with Crippen molar-refractivity contribution in [2.24, 2.45) is 0 Å². The van der Waals surface area contributed by atoms with Crippen LogP contribution in [0.5, 0.6) is 0 Å². The van der Waals surface area contributed by atoms with E-state index in [1.165, 1.54) is 5.56 Å². The van der Waals surface area contributed by atoms with Crippen LogP contribution < -0.4 is 0 Å². The molecule has 2 aromatic carbocycles. The molecule has 0 bridgehead atoms. The fourth-order valence-electron chi connectivity index (χ4n) is 1.16. The Morgan fingerprint density at radius 2 is 1.11 bits per heavy atom. The van der Waals surface area contributed by atoms with Crippen molar-refractivity contribution in [1.29, 1.82) is 0 Å². The lowest BCUT2D eigenvalue weighted by atomic mass is 10.2. The van der Waals surface area contributed by atoms with E-state index in [1.807, 2.05) is 36.4 Å². The maximum absolute atomic E-state index is 8.61. The maximum atomic E-state index is 8.61. The Morgan fingerprint density at radius 3 is 1.44 bits per heavy atom. The highest BCUT2D eigenvalue weighted by Crippen LogP contribution is 2.12. The van der Waals surface area contributed by atoms with Crippen LogP contribution in [0.3, 0.4) is 0 Å². The van der Waals surface area contributed by atoms with E-state index in [0.29, 0.717) is 0 Å². The SMILES string of the molecule is BrCc1ccc(Br)cc1.OCc1ccc(Br)cc1. The van der Waals surface area contributed by atoms with Crippen molar-refractivity contribution in [2.45, 2.75) is 11.9 Å². The zero-order valence-electron chi connectivity index (χ0n) is 9.61. The first-order valence-electron chi connectivity index (χ1n) is 5.31. The van der Waals surface area contributed by atoms with Crippen molar-refractivity contribution in [3.63, 3.8) is 0 Å². The van der Waals surface area contributed by atoms with E-state index in [0.717, 1.165) is 19.8 Å². The van der Waals surface area contributed by atoms with Crippen molar-refractivity contribution >= 4 is 47.8 Å². The third-order valence-electron chi connectivity index (χ3n) is 2.16. The summed E-state index contributed by atoms with van der Waals surface area (Å²) in [5.74, 6) is 0. The maximum Gasteiger partial charge on any atom is 0.0681 e. The van der Waals surface area contributed by atoms with Crippen LogP contribution in [0, 0.1) is 0 Å². The predicted octanol–water partition coefficient (Wildman–Crippen LogP) is 5.29. The Labute approximate surface area is 133 Å². The second kappa shape index (κ2) is 8.86. The molecule has 2 aromatic rings. The number of benzene rings is 2. The van der Waals surface area contributed by atoms with Gasteiger partial charge in [0.2, 0.25) is 0 Å². The van der Waals surface area contributed by atoms with Crippen LogP contribution in [0.2, 0.25) is 0 Å². The van der Waals surface area contributed by atoms with E-state index in [9.17, 15) is 0 Å². The van der Waals surface area contributed by atoms with Crippen molar-refractivity contribution in [1.82, 2.24) is 0 Å². The normalized spacial score (nSPS) is 9.56. The van der Waals surface area contributed by atoms with Gasteiger partial charge < -0.3 is 5.11 Å². The highest BCUT2D eigenvalue weighted by molar-refractivity contribution is 9.10. The number of rotatable bonds is 2. The Kier molecular flexibility index (Phi) is 7.82. The summed E-state index contributed by atoms with van der Waals surface area (Å²) >= 11 is 10.0. The minimum atomic E-state index is 0.118. The summed E-state index contributed by atoms with van der Waals surface area (Å²) in [6.07, 6.45) is 0. The molecule has 18 heavy (non-hydrogen) atoms. The van der Waals surface area contributed by atoms with Crippen LogP contribution in [0.4, 0.5) is 0 Å². The van der Waals surface area contributed by atoms with Crippen LogP contribution >= 0.6 is 47.8 Å². The number of hydrogen-bond acceptors (Lipinski definition) is 1. The average molecular weight is 437 g/mol. The van der Waals surface area contributed by atoms with Crippen molar-refractivity contribution in [2.75, 3.05) is 0 Å². The molecule has 4 heteroatoms. The van der Waals surface area contributed by atoms with Gasteiger partial charge in [0, 0.05) is 14.3 Å². The molecule has 1 N–H and O–H groups in total. The van der Waals surface area contributed by atoms with E-state index in [-0.39, 0.29) is 6.61 Å². The summed E-state index contributed by atoms with van der Waals surface area (Å²) < 4.78 is 2.17. The summed E-state index contributed by atoms with van der Waals surface area (Å²) in [7, 11) is 0. The van der Waals surface area contributed by atoms with Crippen LogP contribution in [0.1, 0.15) is 11.1 Å². The number of aliphatic hydroxyl groups excluding tert-OH is 1. The Hall–Kier alpha value is -0.160. The smallest absolute Gasteiger partial charge is 0.0681 e. The Balaban J connectivity index is 0.000000180. The second-order valence-corrected chi connectivity index (χ2v) is 5.94. The first-order chi connectivity index (χ1) is 8.65. The van der Waals surface area contributed by atoms with Crippen LogP contribution in [-0.2, 0) is 11.9 Å². The third kappa shape index (κ3) is 6.14. The summed E-state index contributed by atoms with van der Waals surface area (Å²) in [5, 5.41) is 9.54. The van der Waals surface area contributed by atoms with Crippen molar-refractivity contribution in [3.05, 3.63) is 68.6 Å². The molecule has 0 aliphatic rings. The number of hydrogen-bond donors (Lipinski definition) is 1. The second-order valence-electron chi connectivity index (χ2n) is 3.54. The summed E-state index contributed by atoms with van der Waals surface area (Å²) in [6.45, 7) is 0.118. The quantitative estimate of drug-likeness (QED) is 0.634. The van der Waals surface area contributed by atoms with Crippen LogP contribution in [-0.4, -0.2) is 5.11 Å². The van der Waals surface area contributed by atoms with E-state index in [1.54, 1.807) is 0 Å². The first-order valence-corrected chi connectivity index (χ1v) is 8.02. The highest BCUT2D eigenvalue weighted by atomic mass is 79.9. The van der Waals surface area contributed by atoms with E-state index in [2.05, 4.69) is 59.9 Å². The predicted molar refractivity (Wildman–Crippen MR) is 86.8 cm³/mol. The van der Waals surface area contributed by atoms with Gasteiger partial charge in [-0.05, 0) is 35.4 Å². The number of aliphatic hydroxyl groups is 1. The average Bonchev–Trinajstić information content (AvgIpc) is 2.41. The van der Waals surface area contributed by atoms with E-state index >= 15 is 0 Å². The first kappa shape index (κ1) is 15.9. The topological polar surface area (TPSA) is 20.2 Å². The number of halogens is 3. The highest BCUT2D eigenvalue weighted by Gasteiger charge is 1.87. The molecule has 0 saturated heterocycles. The summed E-state index contributed by atoms with van der Waals surface area (Å²) in [4.78, 5) is 0. The fraction of sp³-hybridized carbons (Fsp3) is 0.143. The molecule has 0 aromatic heterocycles. The van der Waals surface area contributed by atoms with Gasteiger partial charge in [-0.25, -0.2) is 0 Å². The molecule has 0 fully saturated rings. The molecule has 1 nitrogen and oxygen atoms in total. The van der Waals surface area contributed by atoms with Crippen LogP contribution in [0.25, 0.3) is 0 Å². The van der Waals surface area contributed by atoms with Gasteiger partial charge in [-0.15, -0.1) is 0 Å². The molecule has 0 heterocycles. The molecular formula is C14H13Br3O. The fourth-order valence-corrected chi connectivity index (χ4v) is 2.07. The van der Waals surface area contributed by atoms with Gasteiger partial charge in [-0.1, -0.05) is 72.1 Å². The van der Waals surface area contributed by atoms with Crippen molar-refractivity contribution in [3.8, 4) is 0 Å². The van der Waals surface area contributed by atoms with Crippen LogP contribution in [0.15, 0.2) is 57.5 Å². The Bertz CT molecular complexity index is 406. The molecule has 0 amide bonds. The monoisotopic (exact) mass is 434 g/mol. The van der Waals surface area contributed by atoms with Gasteiger partial charge in [0.1, 0.15) is 0 Å². The molecule has 0 saturated carbocycles. The standard InChI is InChI=1S/C7H6Br2.C7H7BrO/c8-5-6-1-3-7(9)4-2-6;8-7-3-1-6(5-9)2-4-7/h1-4H,5H2;1-4,9H,5H2. The van der Waals surface area contributed by atoms with E-state index < -0.39 is 0 Å².